The van der Waals surface area contributed by atoms with Crippen molar-refractivity contribution < 1.29 is 24.1 Å². The van der Waals surface area contributed by atoms with Gasteiger partial charge in [-0.05, 0) is 131 Å². The number of nitrogens with zero attached hydrogens (tertiary/aromatic N) is 3. The van der Waals surface area contributed by atoms with Crippen molar-refractivity contribution in [1.29, 1.82) is 0 Å². The third-order valence-electron chi connectivity index (χ3n) is 10.5. The van der Waals surface area contributed by atoms with Crippen molar-refractivity contribution in [3.63, 3.8) is 0 Å². The molecule has 0 saturated carbocycles. The second-order valence-electron chi connectivity index (χ2n) is 15.2. The summed E-state index contributed by atoms with van der Waals surface area (Å²) in [6.07, 6.45) is 4.49. The monoisotopic (exact) mass is 855 g/mol. The molecule has 0 saturated heterocycles. The van der Waals surface area contributed by atoms with Gasteiger partial charge in [-0.25, -0.2) is 4.79 Å². The minimum Gasteiger partial charge on any atom is -0.362 e. The van der Waals surface area contributed by atoms with E-state index >= 15 is 0 Å². The van der Waals surface area contributed by atoms with Gasteiger partial charge in [0, 0.05) is 54.8 Å². The first-order valence-electron chi connectivity index (χ1n) is 21.3. The maximum absolute atomic E-state index is 13.2. The number of rotatable bonds is 17. The topological polar surface area (TPSA) is 99.3 Å². The summed E-state index contributed by atoms with van der Waals surface area (Å²) in [5.74, 6) is -0.193. The lowest BCUT2D eigenvalue weighted by molar-refractivity contribution is 0.0514. The molecule has 7 rings (SSSR count). The molecule has 0 bridgehead atoms. The lowest BCUT2D eigenvalue weighted by Crippen LogP contribution is -2.16. The van der Waals surface area contributed by atoms with Gasteiger partial charge < -0.3 is 14.2 Å². The lowest BCUT2D eigenvalue weighted by atomic mass is 9.97. The molecule has 320 valence electrons. The molecule has 0 N–H and O–H groups in total. The number of oxime groups is 2. The Bertz CT molecular complexity index is 2770. The molecule has 8 nitrogen and oxygen atoms in total. The summed E-state index contributed by atoms with van der Waals surface area (Å²) < 4.78 is 2.27. The number of benzene rings is 6. The third kappa shape index (κ3) is 12.0. The predicted molar refractivity (Wildman–Crippen MR) is 257 cm³/mol. The molecule has 0 radical (unpaired) electrons. The third-order valence-corrected chi connectivity index (χ3v) is 11.5. The highest BCUT2D eigenvalue weighted by Crippen LogP contribution is 2.32. The number of aryl methyl sites for hydroxylation is 2. The maximum Gasteiger partial charge on any atom is 0.365 e. The van der Waals surface area contributed by atoms with Gasteiger partial charge in [0.05, 0.1) is 11.3 Å². The molecular weight excluding hydrogens is 803 g/mol. The first kappa shape index (κ1) is 45.7. The van der Waals surface area contributed by atoms with Gasteiger partial charge in [0.1, 0.15) is 11.5 Å². The normalized spacial score (nSPS) is 11.5. The van der Waals surface area contributed by atoms with Gasteiger partial charge in [0.25, 0.3) is 0 Å². The van der Waals surface area contributed by atoms with Crippen LogP contribution < -0.4 is 0 Å². The number of carbonyl (C=O) groups excluding carboxylic acids is 3. The van der Waals surface area contributed by atoms with Gasteiger partial charge in [-0.2, -0.15) is 0 Å². The van der Waals surface area contributed by atoms with E-state index in [0.717, 1.165) is 86.2 Å². The van der Waals surface area contributed by atoms with Gasteiger partial charge in [0.15, 0.2) is 5.78 Å². The van der Waals surface area contributed by atoms with E-state index in [1.807, 2.05) is 105 Å². The van der Waals surface area contributed by atoms with Crippen LogP contribution in [0.5, 0.6) is 0 Å². The van der Waals surface area contributed by atoms with E-state index in [0.29, 0.717) is 28.9 Å². The molecule has 6 aromatic carbocycles. The average molecular weight is 856 g/mol. The van der Waals surface area contributed by atoms with Gasteiger partial charge >= 0.3 is 5.97 Å². The quantitative estimate of drug-likeness (QED) is 0.0226. The van der Waals surface area contributed by atoms with Crippen LogP contribution in [0.3, 0.4) is 0 Å². The van der Waals surface area contributed by atoms with Crippen LogP contribution in [0.15, 0.2) is 178 Å². The van der Waals surface area contributed by atoms with E-state index < -0.39 is 5.97 Å². The van der Waals surface area contributed by atoms with Crippen molar-refractivity contribution in [1.82, 2.24) is 4.57 Å². The van der Waals surface area contributed by atoms with Gasteiger partial charge in [-0.3, -0.25) is 9.59 Å². The van der Waals surface area contributed by atoms with Crippen molar-refractivity contribution in [2.45, 2.75) is 83.1 Å². The summed E-state index contributed by atoms with van der Waals surface area (Å²) in [6.45, 7) is 14.5. The number of carbonyl (C=O) groups is 3. The molecule has 0 atom stereocenters. The Morgan fingerprint density at radius 3 is 1.84 bits per heavy atom. The number of allylic oxidation sites excluding steroid dienone is 1. The van der Waals surface area contributed by atoms with Crippen molar-refractivity contribution in [3.05, 3.63) is 191 Å². The zero-order valence-corrected chi connectivity index (χ0v) is 37.4. The summed E-state index contributed by atoms with van der Waals surface area (Å²) in [4.78, 5) is 51.1. The van der Waals surface area contributed by atoms with Crippen LogP contribution >= 0.6 is 11.8 Å². The Balaban J connectivity index is 0.000000210. The van der Waals surface area contributed by atoms with Crippen LogP contribution in [-0.4, -0.2) is 33.5 Å². The van der Waals surface area contributed by atoms with E-state index in [-0.39, 0.29) is 17.3 Å². The zero-order valence-electron chi connectivity index (χ0n) is 36.6. The Morgan fingerprint density at radius 1 is 0.619 bits per heavy atom. The SMILES string of the molecule is C=C(C)O/N=C(\C)c1ccc2c(c1)c1cc(C(=O)c3ccccc3C)ccc1n2CC.CCCCCC/C(=N\OC(=O)c1ccccc1)C(=O)c1ccc(Sc2ccccc2)cc1. The van der Waals surface area contributed by atoms with Gasteiger partial charge in [-0.15, -0.1) is 0 Å². The van der Waals surface area contributed by atoms with Crippen LogP contribution in [-0.2, 0) is 16.2 Å². The first-order valence-corrected chi connectivity index (χ1v) is 22.1. The number of Topliss-reactive ketones (excluding diaryl/α,β-unsaturated/α-hetero) is 1. The predicted octanol–water partition coefficient (Wildman–Crippen LogP) is 13.8. The van der Waals surface area contributed by atoms with Gasteiger partial charge in [0.2, 0.25) is 5.78 Å². The lowest BCUT2D eigenvalue weighted by Gasteiger charge is -2.07. The molecule has 1 heterocycles. The molecule has 7 aromatic rings. The number of fused-ring (bicyclic) bond motifs is 3. The van der Waals surface area contributed by atoms with Crippen molar-refractivity contribution in [2.24, 2.45) is 10.3 Å². The fourth-order valence-electron chi connectivity index (χ4n) is 7.10. The molecule has 0 fully saturated rings. The highest BCUT2D eigenvalue weighted by atomic mass is 32.2. The van der Waals surface area contributed by atoms with E-state index in [4.69, 9.17) is 9.68 Å². The van der Waals surface area contributed by atoms with Crippen molar-refractivity contribution >= 4 is 62.5 Å². The molecular formula is C54H53N3O5S. The Kier molecular flexibility index (Phi) is 16.2. The Labute approximate surface area is 374 Å². The van der Waals surface area contributed by atoms with E-state index in [2.05, 4.69) is 53.5 Å². The van der Waals surface area contributed by atoms with Crippen LogP contribution in [0.2, 0.25) is 0 Å². The second kappa shape index (κ2) is 22.3. The molecule has 63 heavy (non-hydrogen) atoms. The van der Waals surface area contributed by atoms with Crippen molar-refractivity contribution in [2.75, 3.05) is 0 Å². The average Bonchev–Trinajstić information content (AvgIpc) is 3.63. The number of hydrogen-bond donors (Lipinski definition) is 0. The standard InChI is InChI=1S/C27H26N2O2.C27H27NO3S/c1-6-29-25-13-11-20(19(5)28-31-17(2)3)15-23(25)24-16-21(12-14-26(24)29)27(30)22-10-8-7-9-18(22)4;1-2-3-4-11-16-25(28-31-27(30)22-12-7-5-8-13-22)26(29)21-17-19-24(20-18-21)32-23-14-9-6-10-15-23/h7-16H,2,6H2,1,3-5H3;5-10,12-15,17-20H,2-4,11,16H2,1H3/b28-19+;28-25+. The molecule has 0 amide bonds. The molecule has 9 heteroatoms. The number of ketones is 2. The molecule has 0 aliphatic rings. The summed E-state index contributed by atoms with van der Waals surface area (Å²) in [7, 11) is 0. The molecule has 1 aromatic heterocycles. The van der Waals surface area contributed by atoms with Crippen LogP contribution in [0.25, 0.3) is 21.8 Å². The Hall–Kier alpha value is -6.84. The van der Waals surface area contributed by atoms with Gasteiger partial charge in [-0.1, -0.05) is 122 Å². The molecule has 0 unspecified atom stereocenters. The minimum absolute atomic E-state index is 0.0427. The molecule has 0 spiro atoms. The Morgan fingerprint density at radius 2 is 1.21 bits per heavy atom. The molecule has 0 aliphatic carbocycles. The molecule has 0 aliphatic heterocycles. The minimum atomic E-state index is -0.570. The number of hydrogen-bond acceptors (Lipinski definition) is 8. The smallest absolute Gasteiger partial charge is 0.362 e. The fraction of sp³-hybridized carbons (Fsp3) is 0.204. The van der Waals surface area contributed by atoms with Crippen LogP contribution in [0.1, 0.15) is 108 Å². The summed E-state index contributed by atoms with van der Waals surface area (Å²) >= 11 is 1.64. The summed E-state index contributed by atoms with van der Waals surface area (Å²) in [5.41, 5.74) is 7.61. The zero-order chi connectivity index (χ0) is 44.7. The van der Waals surface area contributed by atoms with E-state index in [1.54, 1.807) is 55.1 Å². The first-order chi connectivity index (χ1) is 30.6. The number of aromatic nitrogens is 1. The highest BCUT2D eigenvalue weighted by Gasteiger charge is 2.18. The fourth-order valence-corrected chi connectivity index (χ4v) is 7.94. The highest BCUT2D eigenvalue weighted by molar-refractivity contribution is 7.99. The van der Waals surface area contributed by atoms with E-state index in [9.17, 15) is 14.4 Å². The summed E-state index contributed by atoms with van der Waals surface area (Å²) in [5, 5.41) is 10.3. The van der Waals surface area contributed by atoms with Crippen molar-refractivity contribution in [3.8, 4) is 0 Å². The number of unbranched alkanes of at least 4 members (excludes halogenated alkanes) is 3. The largest absolute Gasteiger partial charge is 0.365 e. The summed E-state index contributed by atoms with van der Waals surface area (Å²) in [6, 6.07) is 46.2. The maximum atomic E-state index is 13.2. The van der Waals surface area contributed by atoms with Crippen LogP contribution in [0.4, 0.5) is 0 Å². The van der Waals surface area contributed by atoms with E-state index in [1.165, 1.54) is 0 Å². The second-order valence-corrected chi connectivity index (χ2v) is 16.3. The van der Waals surface area contributed by atoms with Crippen LogP contribution in [0, 0.1) is 6.92 Å².